The molecular weight excluding hydrogens is 160 g/mol. The van der Waals surface area contributed by atoms with E-state index in [9.17, 15) is 4.79 Å². The molecule has 1 aromatic heterocycles. The number of carboxylic acids is 1. The van der Waals surface area contributed by atoms with Gasteiger partial charge in [0.2, 0.25) is 0 Å². The summed E-state index contributed by atoms with van der Waals surface area (Å²) in [5, 5.41) is 20.3. The molecule has 0 bridgehead atoms. The normalized spacial score (nSPS) is 9.25. The number of rotatable bonds is 2. The average molecular weight is 166 g/mol. The molecule has 0 aromatic carbocycles. The highest BCUT2D eigenvalue weighted by molar-refractivity contribution is 5.91. The first-order chi connectivity index (χ1) is 5.65. The van der Waals surface area contributed by atoms with Crippen molar-refractivity contribution < 1.29 is 9.90 Å². The first-order valence-electron chi connectivity index (χ1n) is 3.08. The summed E-state index contributed by atoms with van der Waals surface area (Å²) >= 11 is 0. The van der Waals surface area contributed by atoms with Crippen LogP contribution in [0.1, 0.15) is 10.5 Å². The minimum Gasteiger partial charge on any atom is -0.476 e. The van der Waals surface area contributed by atoms with Crippen molar-refractivity contribution in [3.63, 3.8) is 0 Å². The van der Waals surface area contributed by atoms with Gasteiger partial charge in [-0.1, -0.05) is 0 Å². The second-order valence-electron chi connectivity index (χ2n) is 2.09. The third-order valence-electron chi connectivity index (χ3n) is 1.23. The zero-order chi connectivity index (χ0) is 9.14. The van der Waals surface area contributed by atoms with Crippen molar-refractivity contribution in [3.05, 3.63) is 11.9 Å². The molecule has 6 heteroatoms. The quantitative estimate of drug-likeness (QED) is 0.626. The summed E-state index contributed by atoms with van der Waals surface area (Å²) in [6, 6.07) is 1.82. The van der Waals surface area contributed by atoms with Gasteiger partial charge in [-0.25, -0.2) is 4.79 Å². The lowest BCUT2D eigenvalue weighted by Gasteiger charge is -1.87. The smallest absolute Gasteiger partial charge is 0.358 e. The van der Waals surface area contributed by atoms with Crippen LogP contribution in [0.4, 0.5) is 5.69 Å². The fourth-order valence-corrected chi connectivity index (χ4v) is 0.756. The zero-order valence-corrected chi connectivity index (χ0v) is 6.06. The number of carboxylic acid groups (broad SMARTS) is 1. The number of nitriles is 1. The van der Waals surface area contributed by atoms with Gasteiger partial charge in [0.05, 0.1) is 18.0 Å². The third-order valence-corrected chi connectivity index (χ3v) is 1.23. The van der Waals surface area contributed by atoms with Crippen molar-refractivity contribution in [1.29, 1.82) is 5.26 Å². The van der Waals surface area contributed by atoms with Crippen LogP contribution in [-0.4, -0.2) is 20.9 Å². The van der Waals surface area contributed by atoms with E-state index in [2.05, 4.69) is 5.10 Å². The Morgan fingerprint density at radius 1 is 1.92 bits per heavy atom. The Labute approximate surface area is 67.8 Å². The number of anilines is 1. The number of nitrogens with zero attached hydrogens (tertiary/aromatic N) is 3. The average Bonchev–Trinajstić information content (AvgIpc) is 2.32. The standard InChI is InChI=1S/C6H6N4O2/c7-1-2-10-3-4(8)5(9-10)6(11)12/h3H,2,8H2,(H,11,12). The van der Waals surface area contributed by atoms with Gasteiger partial charge in [-0.3, -0.25) is 4.68 Å². The Morgan fingerprint density at radius 2 is 2.58 bits per heavy atom. The molecule has 62 valence electrons. The maximum atomic E-state index is 10.4. The summed E-state index contributed by atoms with van der Waals surface area (Å²) in [6.07, 6.45) is 1.31. The first-order valence-corrected chi connectivity index (χ1v) is 3.08. The summed E-state index contributed by atoms with van der Waals surface area (Å²) < 4.78 is 1.18. The van der Waals surface area contributed by atoms with E-state index in [1.165, 1.54) is 10.9 Å². The number of nitrogen functional groups attached to an aromatic ring is 1. The Balaban J connectivity index is 3.02. The number of hydrogen-bond acceptors (Lipinski definition) is 4. The predicted octanol–water partition coefficient (Wildman–Crippen LogP) is -0.313. The molecule has 6 nitrogen and oxygen atoms in total. The maximum absolute atomic E-state index is 10.4. The highest BCUT2D eigenvalue weighted by atomic mass is 16.4. The molecule has 0 aliphatic rings. The van der Waals surface area contributed by atoms with Crippen LogP contribution in [-0.2, 0) is 6.54 Å². The van der Waals surface area contributed by atoms with Gasteiger partial charge in [0, 0.05) is 0 Å². The highest BCUT2D eigenvalue weighted by Gasteiger charge is 2.12. The molecule has 1 heterocycles. The Bertz CT molecular complexity index is 349. The zero-order valence-electron chi connectivity index (χ0n) is 6.06. The van der Waals surface area contributed by atoms with E-state index >= 15 is 0 Å². The monoisotopic (exact) mass is 166 g/mol. The van der Waals surface area contributed by atoms with Gasteiger partial charge in [-0.15, -0.1) is 0 Å². The summed E-state index contributed by atoms with van der Waals surface area (Å²) in [6.45, 7) is -0.00250. The van der Waals surface area contributed by atoms with E-state index in [1.807, 2.05) is 6.07 Å². The fraction of sp³-hybridized carbons (Fsp3) is 0.167. The van der Waals surface area contributed by atoms with Crippen LogP contribution in [0.3, 0.4) is 0 Å². The molecule has 0 aliphatic heterocycles. The molecule has 0 aliphatic carbocycles. The van der Waals surface area contributed by atoms with Crippen LogP contribution in [0.25, 0.3) is 0 Å². The molecule has 0 spiro atoms. The van der Waals surface area contributed by atoms with Crippen LogP contribution in [0.2, 0.25) is 0 Å². The second-order valence-corrected chi connectivity index (χ2v) is 2.09. The number of aromatic carboxylic acids is 1. The summed E-state index contributed by atoms with van der Waals surface area (Å²) in [5.41, 5.74) is 5.15. The van der Waals surface area contributed by atoms with E-state index < -0.39 is 5.97 Å². The SMILES string of the molecule is N#CCn1cc(N)c(C(=O)O)n1. The van der Waals surface area contributed by atoms with Gasteiger partial charge in [-0.05, 0) is 0 Å². The second kappa shape index (κ2) is 2.92. The van der Waals surface area contributed by atoms with E-state index in [-0.39, 0.29) is 17.9 Å². The molecule has 0 radical (unpaired) electrons. The van der Waals surface area contributed by atoms with Crippen molar-refractivity contribution in [3.8, 4) is 6.07 Å². The highest BCUT2D eigenvalue weighted by Crippen LogP contribution is 2.07. The summed E-state index contributed by atoms with van der Waals surface area (Å²) in [4.78, 5) is 10.4. The first kappa shape index (κ1) is 8.07. The molecule has 12 heavy (non-hydrogen) atoms. The summed E-state index contributed by atoms with van der Waals surface area (Å²) in [7, 11) is 0. The largest absolute Gasteiger partial charge is 0.476 e. The van der Waals surface area contributed by atoms with Crippen molar-refractivity contribution in [1.82, 2.24) is 9.78 Å². The van der Waals surface area contributed by atoms with Gasteiger partial charge in [0.25, 0.3) is 0 Å². The summed E-state index contributed by atoms with van der Waals surface area (Å²) in [5.74, 6) is -1.19. The number of hydrogen-bond donors (Lipinski definition) is 2. The number of aromatic nitrogens is 2. The van der Waals surface area contributed by atoms with E-state index in [4.69, 9.17) is 16.1 Å². The van der Waals surface area contributed by atoms with Crippen LogP contribution in [0, 0.1) is 11.3 Å². The van der Waals surface area contributed by atoms with Crippen LogP contribution < -0.4 is 5.73 Å². The minimum atomic E-state index is -1.19. The lowest BCUT2D eigenvalue weighted by molar-refractivity contribution is 0.0690. The Morgan fingerprint density at radius 3 is 3.00 bits per heavy atom. The molecule has 0 saturated heterocycles. The third kappa shape index (κ3) is 1.34. The lowest BCUT2D eigenvalue weighted by Crippen LogP contribution is -2.03. The minimum absolute atomic E-state index is 0.00250. The molecule has 1 aromatic rings. The number of carbonyl (C=O) groups is 1. The van der Waals surface area contributed by atoms with Gasteiger partial charge in [0.15, 0.2) is 5.69 Å². The van der Waals surface area contributed by atoms with E-state index in [0.29, 0.717) is 0 Å². The van der Waals surface area contributed by atoms with Crippen LogP contribution >= 0.6 is 0 Å². The van der Waals surface area contributed by atoms with Gasteiger partial charge >= 0.3 is 5.97 Å². The number of nitrogens with two attached hydrogens (primary N) is 1. The van der Waals surface area contributed by atoms with E-state index in [1.54, 1.807) is 0 Å². The Hall–Kier alpha value is -2.03. The molecule has 0 atom stereocenters. The van der Waals surface area contributed by atoms with Crippen molar-refractivity contribution in [2.75, 3.05) is 5.73 Å². The molecule has 0 amide bonds. The molecule has 0 fully saturated rings. The molecule has 0 unspecified atom stereocenters. The molecule has 0 saturated carbocycles. The van der Waals surface area contributed by atoms with Crippen LogP contribution in [0.5, 0.6) is 0 Å². The van der Waals surface area contributed by atoms with Gasteiger partial charge in [-0.2, -0.15) is 10.4 Å². The molecule has 3 N–H and O–H groups in total. The molecular formula is C6H6N4O2. The van der Waals surface area contributed by atoms with Crippen LogP contribution in [0.15, 0.2) is 6.20 Å². The molecule has 1 rings (SSSR count). The van der Waals surface area contributed by atoms with Crippen molar-refractivity contribution in [2.24, 2.45) is 0 Å². The topological polar surface area (TPSA) is 105 Å². The van der Waals surface area contributed by atoms with Gasteiger partial charge < -0.3 is 10.8 Å². The Kier molecular flexibility index (Phi) is 1.96. The van der Waals surface area contributed by atoms with Crippen molar-refractivity contribution in [2.45, 2.75) is 6.54 Å². The fourth-order valence-electron chi connectivity index (χ4n) is 0.756. The maximum Gasteiger partial charge on any atom is 0.358 e. The van der Waals surface area contributed by atoms with E-state index in [0.717, 1.165) is 0 Å². The lowest BCUT2D eigenvalue weighted by atomic mass is 10.4. The van der Waals surface area contributed by atoms with Gasteiger partial charge in [0.1, 0.15) is 6.54 Å². The van der Waals surface area contributed by atoms with Crippen molar-refractivity contribution >= 4 is 11.7 Å². The predicted molar refractivity (Wildman–Crippen MR) is 39.2 cm³/mol.